The van der Waals surface area contributed by atoms with E-state index < -0.39 is 10.0 Å². The van der Waals surface area contributed by atoms with Gasteiger partial charge >= 0.3 is 0 Å². The van der Waals surface area contributed by atoms with E-state index in [9.17, 15) is 13.2 Å². The molecule has 0 saturated heterocycles. The van der Waals surface area contributed by atoms with Crippen LogP contribution in [-0.2, 0) is 21.2 Å². The van der Waals surface area contributed by atoms with Crippen molar-refractivity contribution in [3.8, 4) is 0 Å². The number of primary sulfonamides is 1. The standard InChI is InChI=1S/C15H18N2O3S2/c1-10-3-6-13(21-10)9-15(18)17-11(2)12-4-7-14(8-5-12)22(16,19)20/h3-8,11H,9H2,1-2H3,(H,17,18)(H2,16,19,20)/t11-/m1/s1. The number of hydrogen-bond donors (Lipinski definition) is 2. The summed E-state index contributed by atoms with van der Waals surface area (Å²) in [7, 11) is -3.69. The van der Waals surface area contributed by atoms with Crippen LogP contribution < -0.4 is 10.5 Å². The molecule has 1 aromatic carbocycles. The Hall–Kier alpha value is -1.70. The topological polar surface area (TPSA) is 89.3 Å². The molecule has 3 N–H and O–H groups in total. The lowest BCUT2D eigenvalue weighted by Crippen LogP contribution is -2.27. The largest absolute Gasteiger partial charge is 0.349 e. The van der Waals surface area contributed by atoms with Gasteiger partial charge in [0.25, 0.3) is 0 Å². The molecule has 0 saturated carbocycles. The van der Waals surface area contributed by atoms with Crippen LogP contribution >= 0.6 is 11.3 Å². The van der Waals surface area contributed by atoms with Crippen molar-refractivity contribution >= 4 is 27.3 Å². The molecule has 7 heteroatoms. The average molecular weight is 338 g/mol. The van der Waals surface area contributed by atoms with Crippen LogP contribution in [0.2, 0.25) is 0 Å². The van der Waals surface area contributed by atoms with Gasteiger partial charge in [-0.2, -0.15) is 0 Å². The average Bonchev–Trinajstić information content (AvgIpc) is 2.83. The molecular formula is C15H18N2O3S2. The Bertz CT molecular complexity index is 764. The zero-order valence-electron chi connectivity index (χ0n) is 12.4. The number of carbonyl (C=O) groups excluding carboxylic acids is 1. The predicted octanol–water partition coefficient (Wildman–Crippen LogP) is 2.12. The predicted molar refractivity (Wildman–Crippen MR) is 87.1 cm³/mol. The van der Waals surface area contributed by atoms with Gasteiger partial charge in [-0.25, -0.2) is 13.6 Å². The Morgan fingerprint density at radius 3 is 2.36 bits per heavy atom. The minimum atomic E-state index is -3.69. The highest BCUT2D eigenvalue weighted by Crippen LogP contribution is 2.18. The highest BCUT2D eigenvalue weighted by molar-refractivity contribution is 7.89. The summed E-state index contributed by atoms with van der Waals surface area (Å²) in [5.41, 5.74) is 0.822. The monoisotopic (exact) mass is 338 g/mol. The van der Waals surface area contributed by atoms with E-state index in [4.69, 9.17) is 5.14 Å². The molecule has 0 aliphatic rings. The van der Waals surface area contributed by atoms with Crippen molar-refractivity contribution in [2.45, 2.75) is 31.2 Å². The van der Waals surface area contributed by atoms with Gasteiger partial charge in [0.1, 0.15) is 0 Å². The van der Waals surface area contributed by atoms with Gasteiger partial charge in [0.05, 0.1) is 17.4 Å². The first-order valence-electron chi connectivity index (χ1n) is 6.73. The number of aryl methyl sites for hydroxylation is 1. The zero-order valence-corrected chi connectivity index (χ0v) is 14.0. The maximum atomic E-state index is 12.0. The molecule has 1 heterocycles. The third kappa shape index (κ3) is 4.40. The van der Waals surface area contributed by atoms with Crippen molar-refractivity contribution in [3.63, 3.8) is 0 Å². The van der Waals surface area contributed by atoms with Gasteiger partial charge in [-0.1, -0.05) is 12.1 Å². The van der Waals surface area contributed by atoms with Gasteiger partial charge in [0, 0.05) is 9.75 Å². The molecule has 0 aliphatic carbocycles. The normalized spacial score (nSPS) is 12.9. The van der Waals surface area contributed by atoms with Gasteiger partial charge in [0.15, 0.2) is 0 Å². The third-order valence-electron chi connectivity index (χ3n) is 3.22. The lowest BCUT2D eigenvalue weighted by atomic mass is 10.1. The number of rotatable bonds is 5. The summed E-state index contributed by atoms with van der Waals surface area (Å²) in [6, 6.07) is 9.92. The van der Waals surface area contributed by atoms with Crippen molar-refractivity contribution in [1.82, 2.24) is 5.32 Å². The van der Waals surface area contributed by atoms with E-state index in [0.29, 0.717) is 6.42 Å². The fraction of sp³-hybridized carbons (Fsp3) is 0.267. The number of carbonyl (C=O) groups is 1. The first-order chi connectivity index (χ1) is 10.3. The maximum Gasteiger partial charge on any atom is 0.238 e. The van der Waals surface area contributed by atoms with Crippen LogP contribution in [0.25, 0.3) is 0 Å². The maximum absolute atomic E-state index is 12.0. The molecule has 2 rings (SSSR count). The van der Waals surface area contributed by atoms with E-state index >= 15 is 0 Å². The van der Waals surface area contributed by atoms with Crippen LogP contribution in [0, 0.1) is 6.92 Å². The lowest BCUT2D eigenvalue weighted by molar-refractivity contribution is -0.121. The van der Waals surface area contributed by atoms with Crippen molar-refractivity contribution in [2.24, 2.45) is 5.14 Å². The summed E-state index contributed by atoms with van der Waals surface area (Å²) >= 11 is 1.60. The van der Waals surface area contributed by atoms with E-state index in [1.165, 1.54) is 17.0 Å². The zero-order chi connectivity index (χ0) is 16.3. The molecule has 0 bridgehead atoms. The van der Waals surface area contributed by atoms with E-state index in [1.807, 2.05) is 26.0 Å². The second-order valence-electron chi connectivity index (χ2n) is 5.09. The second-order valence-corrected chi connectivity index (χ2v) is 8.03. The lowest BCUT2D eigenvalue weighted by Gasteiger charge is -2.14. The summed E-state index contributed by atoms with van der Waals surface area (Å²) < 4.78 is 22.4. The molecule has 0 radical (unpaired) electrons. The summed E-state index contributed by atoms with van der Waals surface area (Å²) in [6.45, 7) is 3.85. The number of nitrogens with one attached hydrogen (secondary N) is 1. The van der Waals surface area contributed by atoms with E-state index in [0.717, 1.165) is 10.4 Å². The molecule has 2 aromatic rings. The summed E-state index contributed by atoms with van der Waals surface area (Å²) in [5.74, 6) is -0.0649. The Morgan fingerprint density at radius 2 is 1.86 bits per heavy atom. The van der Waals surface area contributed by atoms with Gasteiger partial charge in [-0.3, -0.25) is 4.79 Å². The first kappa shape index (κ1) is 16.7. The van der Waals surface area contributed by atoms with Gasteiger partial charge < -0.3 is 5.32 Å². The van der Waals surface area contributed by atoms with Crippen molar-refractivity contribution in [1.29, 1.82) is 0 Å². The molecule has 1 atom stereocenters. The molecule has 0 aliphatic heterocycles. The van der Waals surface area contributed by atoms with Crippen LogP contribution in [0.4, 0.5) is 0 Å². The highest BCUT2D eigenvalue weighted by Gasteiger charge is 2.13. The molecule has 5 nitrogen and oxygen atoms in total. The highest BCUT2D eigenvalue weighted by atomic mass is 32.2. The molecule has 0 fully saturated rings. The summed E-state index contributed by atoms with van der Waals surface area (Å²) in [4.78, 5) is 14.3. The number of hydrogen-bond acceptors (Lipinski definition) is 4. The van der Waals surface area contributed by atoms with Crippen LogP contribution in [0.5, 0.6) is 0 Å². The number of thiophene rings is 1. The Labute approximate surface area is 134 Å². The third-order valence-corrected chi connectivity index (χ3v) is 5.15. The molecule has 1 amide bonds. The van der Waals surface area contributed by atoms with Gasteiger partial charge in [-0.15, -0.1) is 11.3 Å². The minimum Gasteiger partial charge on any atom is -0.349 e. The Morgan fingerprint density at radius 1 is 1.23 bits per heavy atom. The summed E-state index contributed by atoms with van der Waals surface area (Å²) in [6.07, 6.45) is 0.345. The Balaban J connectivity index is 1.99. The van der Waals surface area contributed by atoms with Gasteiger partial charge in [-0.05, 0) is 43.7 Å². The van der Waals surface area contributed by atoms with Crippen molar-refractivity contribution < 1.29 is 13.2 Å². The van der Waals surface area contributed by atoms with Gasteiger partial charge in [0.2, 0.25) is 15.9 Å². The fourth-order valence-corrected chi connectivity index (χ4v) is 3.46. The van der Waals surface area contributed by atoms with Crippen molar-refractivity contribution in [3.05, 3.63) is 51.7 Å². The molecular weight excluding hydrogens is 320 g/mol. The quantitative estimate of drug-likeness (QED) is 0.875. The van der Waals surface area contributed by atoms with Crippen LogP contribution in [0.15, 0.2) is 41.3 Å². The summed E-state index contributed by atoms with van der Waals surface area (Å²) in [5, 5.41) is 7.95. The number of amides is 1. The van der Waals surface area contributed by atoms with E-state index in [2.05, 4.69) is 5.32 Å². The van der Waals surface area contributed by atoms with E-state index in [-0.39, 0.29) is 16.8 Å². The molecule has 1 aromatic heterocycles. The Kier molecular flexibility index (Phi) is 5.00. The van der Waals surface area contributed by atoms with Crippen molar-refractivity contribution in [2.75, 3.05) is 0 Å². The number of sulfonamides is 1. The van der Waals surface area contributed by atoms with Crippen LogP contribution in [-0.4, -0.2) is 14.3 Å². The SMILES string of the molecule is Cc1ccc(CC(=O)N[C@H](C)c2ccc(S(N)(=O)=O)cc2)s1. The molecule has 0 unspecified atom stereocenters. The molecule has 0 spiro atoms. The van der Waals surface area contributed by atoms with E-state index in [1.54, 1.807) is 23.5 Å². The number of nitrogens with two attached hydrogens (primary N) is 1. The minimum absolute atomic E-state index is 0.0591. The second kappa shape index (κ2) is 6.60. The number of benzene rings is 1. The molecule has 22 heavy (non-hydrogen) atoms. The fourth-order valence-electron chi connectivity index (χ4n) is 2.06. The smallest absolute Gasteiger partial charge is 0.238 e. The van der Waals surface area contributed by atoms with Crippen LogP contribution in [0.3, 0.4) is 0 Å². The van der Waals surface area contributed by atoms with Crippen LogP contribution in [0.1, 0.15) is 28.3 Å². The molecule has 118 valence electrons. The first-order valence-corrected chi connectivity index (χ1v) is 9.09.